The third-order valence-corrected chi connectivity index (χ3v) is 4.54. The molecule has 16 heavy (non-hydrogen) atoms. The summed E-state index contributed by atoms with van der Waals surface area (Å²) in [7, 11) is -2.84. The second kappa shape index (κ2) is 7.53. The molecule has 4 nitrogen and oxygen atoms in total. The zero-order valence-electron chi connectivity index (χ0n) is 10.3. The Morgan fingerprint density at radius 1 is 1.38 bits per heavy atom. The van der Waals surface area contributed by atoms with E-state index in [-0.39, 0.29) is 17.9 Å². The zero-order valence-corrected chi connectivity index (χ0v) is 12.0. The van der Waals surface area contributed by atoms with Crippen molar-refractivity contribution in [2.45, 2.75) is 25.8 Å². The first-order valence-corrected chi connectivity index (χ1v) is 8.66. The van der Waals surface area contributed by atoms with Crippen LogP contribution in [0.3, 0.4) is 0 Å². The normalized spacial score (nSPS) is 16.0. The van der Waals surface area contributed by atoms with Crippen molar-refractivity contribution in [2.24, 2.45) is 0 Å². The molecule has 0 heterocycles. The van der Waals surface area contributed by atoms with Crippen molar-refractivity contribution in [2.75, 3.05) is 36.7 Å². The minimum atomic E-state index is -2.84. The Balaban J connectivity index is 3.71. The molecule has 0 aliphatic carbocycles. The van der Waals surface area contributed by atoms with E-state index in [4.69, 9.17) is 0 Å². The molecular formula is C10H23NO3S2. The summed E-state index contributed by atoms with van der Waals surface area (Å²) in [6.07, 6.45) is 2.09. The topological polar surface area (TPSA) is 66.4 Å². The molecule has 0 fully saturated rings. The molecule has 0 saturated heterocycles. The van der Waals surface area contributed by atoms with Gasteiger partial charge < -0.3 is 10.4 Å². The first-order valence-electron chi connectivity index (χ1n) is 5.44. The Kier molecular flexibility index (Phi) is 7.63. The molecule has 98 valence electrons. The number of likely N-dealkylation sites (N-methyl/N-ethyl adjacent to an activating group) is 1. The molecule has 0 amide bonds. The first-order chi connectivity index (χ1) is 7.33. The second-order valence-corrected chi connectivity index (χ2v) is 7.73. The SMILES string of the molecule is CCNC(C)(CO)CCSCCS(C)(=O)=O. The Morgan fingerprint density at radius 2 is 2.00 bits per heavy atom. The highest BCUT2D eigenvalue weighted by Crippen LogP contribution is 2.13. The summed E-state index contributed by atoms with van der Waals surface area (Å²) < 4.78 is 21.8. The van der Waals surface area contributed by atoms with Crippen LogP contribution in [-0.2, 0) is 9.84 Å². The van der Waals surface area contributed by atoms with Gasteiger partial charge in [-0.2, -0.15) is 11.8 Å². The predicted molar refractivity (Wildman–Crippen MR) is 70.8 cm³/mol. The summed E-state index contributed by atoms with van der Waals surface area (Å²) in [6, 6.07) is 0. The molecule has 0 rings (SSSR count). The summed E-state index contributed by atoms with van der Waals surface area (Å²) in [5, 5.41) is 12.5. The average Bonchev–Trinajstić information content (AvgIpc) is 2.16. The number of aliphatic hydroxyl groups excluding tert-OH is 1. The summed E-state index contributed by atoms with van der Waals surface area (Å²) in [4.78, 5) is 0. The number of hydrogen-bond donors (Lipinski definition) is 2. The van der Waals surface area contributed by atoms with Crippen molar-refractivity contribution in [3.63, 3.8) is 0 Å². The molecule has 0 aliphatic rings. The van der Waals surface area contributed by atoms with Gasteiger partial charge in [0.25, 0.3) is 0 Å². The number of sulfone groups is 1. The van der Waals surface area contributed by atoms with Gasteiger partial charge in [0.1, 0.15) is 9.84 Å². The second-order valence-electron chi connectivity index (χ2n) is 4.24. The van der Waals surface area contributed by atoms with Gasteiger partial charge in [0.2, 0.25) is 0 Å². The van der Waals surface area contributed by atoms with E-state index in [9.17, 15) is 13.5 Å². The predicted octanol–water partition coefficient (Wildman–Crippen LogP) is 0.515. The third-order valence-electron chi connectivity index (χ3n) is 2.35. The molecule has 1 atom stereocenters. The lowest BCUT2D eigenvalue weighted by atomic mass is 10.0. The Bertz CT molecular complexity index is 280. The van der Waals surface area contributed by atoms with Gasteiger partial charge in [0, 0.05) is 17.5 Å². The van der Waals surface area contributed by atoms with Gasteiger partial charge in [0.05, 0.1) is 12.4 Å². The summed E-state index contributed by atoms with van der Waals surface area (Å²) in [5.74, 6) is 1.72. The number of rotatable bonds is 9. The standard InChI is InChI=1S/C10H23NO3S2/c1-4-11-10(2,9-12)5-6-15-7-8-16(3,13)14/h11-12H,4-9H2,1-3H3. The van der Waals surface area contributed by atoms with Crippen molar-refractivity contribution in [1.82, 2.24) is 5.32 Å². The van der Waals surface area contributed by atoms with Gasteiger partial charge in [-0.1, -0.05) is 6.92 Å². The molecule has 0 aromatic heterocycles. The van der Waals surface area contributed by atoms with Crippen LogP contribution in [0.1, 0.15) is 20.3 Å². The van der Waals surface area contributed by atoms with Crippen LogP contribution >= 0.6 is 11.8 Å². The molecule has 0 spiro atoms. The van der Waals surface area contributed by atoms with E-state index in [1.165, 1.54) is 6.26 Å². The van der Waals surface area contributed by atoms with Crippen LogP contribution in [0, 0.1) is 0 Å². The monoisotopic (exact) mass is 269 g/mol. The molecule has 0 bridgehead atoms. The lowest BCUT2D eigenvalue weighted by Crippen LogP contribution is -2.46. The molecule has 0 radical (unpaired) electrons. The molecule has 0 aliphatic heterocycles. The Hall–Kier alpha value is 0.220. The van der Waals surface area contributed by atoms with E-state index in [0.717, 1.165) is 18.7 Å². The fourth-order valence-corrected chi connectivity index (χ4v) is 3.74. The maximum Gasteiger partial charge on any atom is 0.148 e. The minimum Gasteiger partial charge on any atom is -0.394 e. The van der Waals surface area contributed by atoms with Crippen molar-refractivity contribution in [3.05, 3.63) is 0 Å². The van der Waals surface area contributed by atoms with Crippen LogP contribution in [0.15, 0.2) is 0 Å². The summed E-state index contributed by atoms with van der Waals surface area (Å²) >= 11 is 1.62. The van der Waals surface area contributed by atoms with E-state index in [1.54, 1.807) is 11.8 Å². The number of nitrogens with one attached hydrogen (secondary N) is 1. The molecule has 0 saturated carbocycles. The van der Waals surface area contributed by atoms with E-state index in [0.29, 0.717) is 5.75 Å². The van der Waals surface area contributed by atoms with Crippen LogP contribution in [-0.4, -0.2) is 55.7 Å². The van der Waals surface area contributed by atoms with Crippen molar-refractivity contribution < 1.29 is 13.5 Å². The molecule has 2 N–H and O–H groups in total. The quantitative estimate of drug-likeness (QED) is 0.597. The van der Waals surface area contributed by atoms with Gasteiger partial charge in [-0.15, -0.1) is 0 Å². The van der Waals surface area contributed by atoms with Crippen LogP contribution in [0.5, 0.6) is 0 Å². The van der Waals surface area contributed by atoms with Crippen LogP contribution < -0.4 is 5.32 Å². The zero-order chi connectivity index (χ0) is 12.7. The molecule has 1 unspecified atom stereocenters. The minimum absolute atomic E-state index is 0.105. The average molecular weight is 269 g/mol. The van der Waals surface area contributed by atoms with E-state index < -0.39 is 9.84 Å². The molecule has 6 heteroatoms. The lowest BCUT2D eigenvalue weighted by Gasteiger charge is -2.28. The van der Waals surface area contributed by atoms with Gasteiger partial charge in [-0.3, -0.25) is 0 Å². The Labute approximate surface area is 103 Å². The molecule has 0 aromatic rings. The van der Waals surface area contributed by atoms with E-state index in [2.05, 4.69) is 5.32 Å². The van der Waals surface area contributed by atoms with Crippen molar-refractivity contribution >= 4 is 21.6 Å². The maximum absolute atomic E-state index is 10.9. The van der Waals surface area contributed by atoms with Gasteiger partial charge >= 0.3 is 0 Å². The smallest absolute Gasteiger partial charge is 0.148 e. The van der Waals surface area contributed by atoms with E-state index >= 15 is 0 Å². The van der Waals surface area contributed by atoms with Crippen molar-refractivity contribution in [1.29, 1.82) is 0 Å². The lowest BCUT2D eigenvalue weighted by molar-refractivity contribution is 0.173. The van der Waals surface area contributed by atoms with E-state index in [1.807, 2.05) is 13.8 Å². The van der Waals surface area contributed by atoms with Crippen LogP contribution in [0.2, 0.25) is 0 Å². The van der Waals surface area contributed by atoms with Crippen molar-refractivity contribution in [3.8, 4) is 0 Å². The fourth-order valence-electron chi connectivity index (χ4n) is 1.26. The highest BCUT2D eigenvalue weighted by Gasteiger charge is 2.20. The highest BCUT2D eigenvalue weighted by atomic mass is 32.2. The fraction of sp³-hybridized carbons (Fsp3) is 1.00. The Morgan fingerprint density at radius 3 is 2.44 bits per heavy atom. The largest absolute Gasteiger partial charge is 0.394 e. The van der Waals surface area contributed by atoms with Gasteiger partial charge in [-0.05, 0) is 25.6 Å². The molecule has 0 aromatic carbocycles. The van der Waals surface area contributed by atoms with Gasteiger partial charge in [-0.25, -0.2) is 8.42 Å². The van der Waals surface area contributed by atoms with Crippen LogP contribution in [0.4, 0.5) is 0 Å². The number of aliphatic hydroxyl groups is 1. The summed E-state index contributed by atoms with van der Waals surface area (Å²) in [5.41, 5.74) is -0.243. The highest BCUT2D eigenvalue weighted by molar-refractivity contribution is 8.00. The third kappa shape index (κ3) is 8.38. The molecular weight excluding hydrogens is 246 g/mol. The number of thioether (sulfide) groups is 1. The summed E-state index contributed by atoms with van der Waals surface area (Å²) in [6.45, 7) is 4.91. The number of hydrogen-bond acceptors (Lipinski definition) is 5. The van der Waals surface area contributed by atoms with Crippen LogP contribution in [0.25, 0.3) is 0 Å². The first kappa shape index (κ1) is 16.2. The van der Waals surface area contributed by atoms with Gasteiger partial charge in [0.15, 0.2) is 0 Å². The maximum atomic E-state index is 10.9.